The highest BCUT2D eigenvalue weighted by Gasteiger charge is 2.12. The van der Waals surface area contributed by atoms with E-state index in [9.17, 15) is 5.11 Å². The van der Waals surface area contributed by atoms with E-state index >= 15 is 0 Å². The van der Waals surface area contributed by atoms with Crippen molar-refractivity contribution in [1.82, 2.24) is 14.8 Å². The average Bonchev–Trinajstić information content (AvgIpc) is 2.88. The van der Waals surface area contributed by atoms with E-state index in [1.165, 1.54) is 0 Å². The van der Waals surface area contributed by atoms with Crippen molar-refractivity contribution in [2.45, 2.75) is 26.5 Å². The summed E-state index contributed by atoms with van der Waals surface area (Å²) in [5, 5.41) is 14.4. The molecule has 0 aliphatic rings. The van der Waals surface area contributed by atoms with Gasteiger partial charge in [-0.1, -0.05) is 41.4 Å². The summed E-state index contributed by atoms with van der Waals surface area (Å²) < 4.78 is 2.00. The Hall–Kier alpha value is -1.98. The molecule has 25 heavy (non-hydrogen) atoms. The SMILES string of the molecule is CCNC(=NCC(O)c1cccc(C)c1)N(C)Cc1cc(Cl)cn1C. The molecule has 6 heteroatoms. The molecule has 2 N–H and O–H groups in total. The van der Waals surface area contributed by atoms with Crippen LogP contribution in [0.5, 0.6) is 0 Å². The zero-order valence-electron chi connectivity index (χ0n) is 15.3. The Morgan fingerprint density at radius 2 is 2.16 bits per heavy atom. The van der Waals surface area contributed by atoms with E-state index in [4.69, 9.17) is 11.6 Å². The Kier molecular flexibility index (Phi) is 6.91. The molecule has 1 aromatic heterocycles. The second kappa shape index (κ2) is 8.92. The molecular weight excluding hydrogens is 336 g/mol. The van der Waals surface area contributed by atoms with Crippen molar-refractivity contribution in [3.8, 4) is 0 Å². The zero-order valence-corrected chi connectivity index (χ0v) is 16.1. The second-order valence-electron chi connectivity index (χ2n) is 6.24. The normalized spacial score (nSPS) is 13.0. The first kappa shape index (κ1) is 19.3. The highest BCUT2D eigenvalue weighted by Crippen LogP contribution is 2.16. The lowest BCUT2D eigenvalue weighted by molar-refractivity contribution is 0.186. The summed E-state index contributed by atoms with van der Waals surface area (Å²) in [6.45, 7) is 5.79. The summed E-state index contributed by atoms with van der Waals surface area (Å²) >= 11 is 6.05. The number of aliphatic imine (C=N–C) groups is 1. The maximum atomic E-state index is 10.4. The molecule has 0 bridgehead atoms. The van der Waals surface area contributed by atoms with E-state index in [0.717, 1.165) is 34.3 Å². The van der Waals surface area contributed by atoms with Crippen LogP contribution in [0.3, 0.4) is 0 Å². The molecule has 0 aliphatic heterocycles. The largest absolute Gasteiger partial charge is 0.386 e. The zero-order chi connectivity index (χ0) is 18.4. The van der Waals surface area contributed by atoms with Crippen LogP contribution in [0.4, 0.5) is 0 Å². The minimum Gasteiger partial charge on any atom is -0.386 e. The number of guanidine groups is 1. The van der Waals surface area contributed by atoms with Crippen LogP contribution in [-0.2, 0) is 13.6 Å². The molecule has 0 fully saturated rings. The lowest BCUT2D eigenvalue weighted by atomic mass is 10.1. The van der Waals surface area contributed by atoms with E-state index in [-0.39, 0.29) is 0 Å². The van der Waals surface area contributed by atoms with Crippen molar-refractivity contribution in [3.05, 3.63) is 58.4 Å². The van der Waals surface area contributed by atoms with E-state index in [1.807, 2.05) is 73.9 Å². The third-order valence-corrected chi connectivity index (χ3v) is 4.22. The van der Waals surface area contributed by atoms with Crippen LogP contribution < -0.4 is 5.32 Å². The van der Waals surface area contributed by atoms with Gasteiger partial charge in [0, 0.05) is 32.5 Å². The van der Waals surface area contributed by atoms with Crippen LogP contribution in [0, 0.1) is 6.92 Å². The molecule has 1 aromatic carbocycles. The smallest absolute Gasteiger partial charge is 0.194 e. The van der Waals surface area contributed by atoms with Crippen LogP contribution in [0.25, 0.3) is 0 Å². The lowest BCUT2D eigenvalue weighted by Gasteiger charge is -2.23. The first-order valence-corrected chi connectivity index (χ1v) is 8.83. The number of halogens is 1. The van der Waals surface area contributed by atoms with E-state index in [1.54, 1.807) is 0 Å². The summed E-state index contributed by atoms with van der Waals surface area (Å²) in [5.41, 5.74) is 3.11. The van der Waals surface area contributed by atoms with Gasteiger partial charge in [0.05, 0.1) is 24.2 Å². The van der Waals surface area contributed by atoms with Gasteiger partial charge in [0.2, 0.25) is 0 Å². The summed E-state index contributed by atoms with van der Waals surface area (Å²) in [5.74, 6) is 0.756. The predicted octanol–water partition coefficient (Wildman–Crippen LogP) is 3.12. The highest BCUT2D eigenvalue weighted by molar-refractivity contribution is 6.30. The topological polar surface area (TPSA) is 52.8 Å². The number of nitrogens with one attached hydrogen (secondary N) is 1. The number of benzene rings is 1. The summed E-state index contributed by atoms with van der Waals surface area (Å²) in [7, 11) is 3.95. The van der Waals surface area contributed by atoms with Gasteiger partial charge in [-0.05, 0) is 25.5 Å². The standard InChI is InChI=1S/C19H27ClN4O/c1-5-21-19(24(4)13-17-10-16(20)12-23(17)3)22-11-18(25)15-8-6-7-14(2)9-15/h6-10,12,18,25H,5,11,13H2,1-4H3,(H,21,22). The first-order valence-electron chi connectivity index (χ1n) is 8.45. The van der Waals surface area contributed by atoms with Gasteiger partial charge in [-0.3, -0.25) is 4.99 Å². The predicted molar refractivity (Wildman–Crippen MR) is 104 cm³/mol. The molecule has 2 aromatic rings. The Morgan fingerprint density at radius 3 is 2.76 bits per heavy atom. The fourth-order valence-corrected chi connectivity index (χ4v) is 2.94. The fraction of sp³-hybridized carbons (Fsp3) is 0.421. The van der Waals surface area contributed by atoms with Crippen molar-refractivity contribution in [2.24, 2.45) is 12.0 Å². The van der Waals surface area contributed by atoms with Crippen molar-refractivity contribution < 1.29 is 5.11 Å². The molecule has 0 spiro atoms. The minimum absolute atomic E-state index is 0.310. The Morgan fingerprint density at radius 1 is 1.40 bits per heavy atom. The molecular formula is C19H27ClN4O. The maximum Gasteiger partial charge on any atom is 0.194 e. The number of aryl methyl sites for hydroxylation is 2. The van der Waals surface area contributed by atoms with Gasteiger partial charge >= 0.3 is 0 Å². The molecule has 0 saturated heterocycles. The molecule has 0 aliphatic carbocycles. The van der Waals surface area contributed by atoms with Crippen LogP contribution in [-0.4, -0.2) is 40.7 Å². The van der Waals surface area contributed by atoms with E-state index in [2.05, 4.69) is 10.3 Å². The summed E-state index contributed by atoms with van der Waals surface area (Å²) in [6, 6.07) is 9.83. The Balaban J connectivity index is 2.07. The molecule has 136 valence electrons. The van der Waals surface area contributed by atoms with Gasteiger partial charge in [-0.2, -0.15) is 0 Å². The number of aromatic nitrogens is 1. The minimum atomic E-state index is -0.619. The third kappa shape index (κ3) is 5.51. The van der Waals surface area contributed by atoms with Gasteiger partial charge in [-0.15, -0.1) is 0 Å². The lowest BCUT2D eigenvalue weighted by Crippen LogP contribution is -2.39. The maximum absolute atomic E-state index is 10.4. The van der Waals surface area contributed by atoms with Gasteiger partial charge in [0.1, 0.15) is 0 Å². The van der Waals surface area contributed by atoms with Crippen LogP contribution in [0.2, 0.25) is 5.02 Å². The third-order valence-electron chi connectivity index (χ3n) is 4.01. The molecule has 1 unspecified atom stereocenters. The van der Waals surface area contributed by atoms with Gasteiger partial charge in [-0.25, -0.2) is 0 Å². The van der Waals surface area contributed by atoms with Gasteiger partial charge in [0.15, 0.2) is 5.96 Å². The van der Waals surface area contributed by atoms with Gasteiger partial charge < -0.3 is 19.9 Å². The van der Waals surface area contributed by atoms with Crippen LogP contribution in [0.1, 0.15) is 29.8 Å². The molecule has 0 saturated carbocycles. The molecule has 1 heterocycles. The molecule has 0 radical (unpaired) electrons. The number of hydrogen-bond donors (Lipinski definition) is 2. The molecule has 2 rings (SSSR count). The van der Waals surface area contributed by atoms with Crippen molar-refractivity contribution in [2.75, 3.05) is 20.1 Å². The van der Waals surface area contributed by atoms with E-state index < -0.39 is 6.10 Å². The van der Waals surface area contributed by atoms with Crippen LogP contribution in [0.15, 0.2) is 41.5 Å². The summed E-state index contributed by atoms with van der Waals surface area (Å²) in [4.78, 5) is 6.62. The Bertz CT molecular complexity index is 726. The fourth-order valence-electron chi connectivity index (χ4n) is 2.67. The Labute approximate surface area is 154 Å². The van der Waals surface area contributed by atoms with Crippen molar-refractivity contribution >= 4 is 17.6 Å². The molecule has 1 atom stereocenters. The first-order chi connectivity index (χ1) is 11.9. The second-order valence-corrected chi connectivity index (χ2v) is 6.68. The highest BCUT2D eigenvalue weighted by atomic mass is 35.5. The number of hydrogen-bond acceptors (Lipinski definition) is 2. The number of aliphatic hydroxyl groups is 1. The monoisotopic (exact) mass is 362 g/mol. The van der Waals surface area contributed by atoms with E-state index in [0.29, 0.717) is 13.1 Å². The molecule has 0 amide bonds. The van der Waals surface area contributed by atoms with Crippen LogP contribution >= 0.6 is 11.6 Å². The number of nitrogens with zero attached hydrogens (tertiary/aromatic N) is 3. The number of rotatable bonds is 6. The van der Waals surface area contributed by atoms with Gasteiger partial charge in [0.25, 0.3) is 0 Å². The van der Waals surface area contributed by atoms with Crippen molar-refractivity contribution in [1.29, 1.82) is 0 Å². The number of aliphatic hydroxyl groups excluding tert-OH is 1. The van der Waals surface area contributed by atoms with Crippen molar-refractivity contribution in [3.63, 3.8) is 0 Å². The summed E-state index contributed by atoms with van der Waals surface area (Å²) in [6.07, 6.45) is 1.27. The average molecular weight is 363 g/mol. The quantitative estimate of drug-likeness (QED) is 0.613. The molecule has 5 nitrogen and oxygen atoms in total.